The van der Waals surface area contributed by atoms with Gasteiger partial charge in [-0.05, 0) is 24.3 Å². The fourth-order valence-electron chi connectivity index (χ4n) is 2.98. The summed E-state index contributed by atoms with van der Waals surface area (Å²) in [5.41, 5.74) is 3.05. The fourth-order valence-corrected chi connectivity index (χ4v) is 2.98. The molecule has 1 aliphatic heterocycles. The van der Waals surface area contributed by atoms with Gasteiger partial charge in [-0.3, -0.25) is 9.89 Å². The van der Waals surface area contributed by atoms with Crippen molar-refractivity contribution in [1.29, 1.82) is 0 Å². The molecule has 0 saturated heterocycles. The predicted octanol–water partition coefficient (Wildman–Crippen LogP) is 2.97. The van der Waals surface area contributed by atoms with E-state index in [4.69, 9.17) is 4.74 Å². The molecule has 0 amide bonds. The van der Waals surface area contributed by atoms with E-state index in [2.05, 4.69) is 36.2 Å². The maximum Gasteiger partial charge on any atom is 0.269 e. The van der Waals surface area contributed by atoms with Crippen LogP contribution in [0, 0.1) is 5.92 Å². The van der Waals surface area contributed by atoms with E-state index < -0.39 is 0 Å². The number of nitrogens with one attached hydrogen (secondary N) is 2. The number of aromatic nitrogens is 2. The lowest BCUT2D eigenvalue weighted by atomic mass is 9.92. The lowest BCUT2D eigenvalue weighted by Crippen LogP contribution is -2.32. The highest BCUT2D eigenvalue weighted by Gasteiger charge is 2.32. The van der Waals surface area contributed by atoms with Crippen molar-refractivity contribution in [2.24, 2.45) is 5.92 Å². The number of rotatable bonds is 4. The molecule has 0 saturated carbocycles. The number of H-pyrrole nitrogens is 2. The van der Waals surface area contributed by atoms with Crippen LogP contribution in [0.1, 0.15) is 43.2 Å². The maximum atomic E-state index is 12.0. The van der Waals surface area contributed by atoms with Gasteiger partial charge in [0.1, 0.15) is 0 Å². The van der Waals surface area contributed by atoms with Crippen LogP contribution < -0.4 is 5.56 Å². The Hall–Kier alpha value is -1.81. The summed E-state index contributed by atoms with van der Waals surface area (Å²) in [4.78, 5) is 12.0. The van der Waals surface area contributed by atoms with E-state index in [-0.39, 0.29) is 17.8 Å². The zero-order valence-corrected chi connectivity index (χ0v) is 12.6. The average Bonchev–Trinajstić information content (AvgIpc) is 2.87. The minimum atomic E-state index is -0.114. The van der Waals surface area contributed by atoms with E-state index in [1.165, 1.54) is 5.56 Å². The van der Waals surface area contributed by atoms with Crippen molar-refractivity contribution in [3.05, 3.63) is 57.5 Å². The van der Waals surface area contributed by atoms with E-state index in [1.807, 2.05) is 18.2 Å². The summed E-state index contributed by atoms with van der Waals surface area (Å²) in [7, 11) is 0. The van der Waals surface area contributed by atoms with Crippen LogP contribution >= 0.6 is 0 Å². The molecule has 112 valence electrons. The molecule has 0 bridgehead atoms. The Kier molecular flexibility index (Phi) is 3.97. The Bertz CT molecular complexity index is 642. The van der Waals surface area contributed by atoms with Gasteiger partial charge in [0.25, 0.3) is 5.56 Å². The summed E-state index contributed by atoms with van der Waals surface area (Å²) >= 11 is 0. The van der Waals surface area contributed by atoms with Crippen molar-refractivity contribution in [3.63, 3.8) is 0 Å². The van der Waals surface area contributed by atoms with E-state index >= 15 is 0 Å². The molecule has 0 aliphatic carbocycles. The Balaban J connectivity index is 1.79. The van der Waals surface area contributed by atoms with Crippen LogP contribution in [-0.4, -0.2) is 16.3 Å². The van der Waals surface area contributed by atoms with Gasteiger partial charge in [0, 0.05) is 12.1 Å². The van der Waals surface area contributed by atoms with Crippen molar-refractivity contribution in [2.75, 3.05) is 0 Å². The van der Waals surface area contributed by atoms with E-state index in [0.29, 0.717) is 5.92 Å². The quantitative estimate of drug-likeness (QED) is 0.907. The molecule has 0 unspecified atom stereocenters. The fraction of sp³-hybridized carbons (Fsp3) is 0.471. The molecule has 2 aromatic rings. The summed E-state index contributed by atoms with van der Waals surface area (Å²) in [5, 5.41) is 5.73. The molecular weight excluding hydrogens is 264 g/mol. The van der Waals surface area contributed by atoms with Crippen LogP contribution in [0.3, 0.4) is 0 Å². The summed E-state index contributed by atoms with van der Waals surface area (Å²) in [6.07, 6.45) is 2.59. The van der Waals surface area contributed by atoms with Gasteiger partial charge >= 0.3 is 0 Å². The van der Waals surface area contributed by atoms with Gasteiger partial charge < -0.3 is 9.84 Å². The number of fused-ring (bicyclic) bond motifs is 1. The summed E-state index contributed by atoms with van der Waals surface area (Å²) in [5.74, 6) is 0.441. The predicted molar refractivity (Wildman–Crippen MR) is 82.3 cm³/mol. The molecule has 2 heterocycles. The van der Waals surface area contributed by atoms with Gasteiger partial charge in [0.15, 0.2) is 0 Å². The van der Waals surface area contributed by atoms with Crippen LogP contribution in [-0.2, 0) is 17.6 Å². The molecule has 1 aromatic heterocycles. The van der Waals surface area contributed by atoms with Crippen molar-refractivity contribution in [3.8, 4) is 0 Å². The zero-order valence-electron chi connectivity index (χ0n) is 12.6. The van der Waals surface area contributed by atoms with Crippen molar-refractivity contribution >= 4 is 0 Å². The van der Waals surface area contributed by atoms with Gasteiger partial charge in [-0.15, -0.1) is 0 Å². The topological polar surface area (TPSA) is 57.9 Å². The molecular formula is C17H22N2O2. The number of hydrogen-bond acceptors (Lipinski definition) is 2. The van der Waals surface area contributed by atoms with Gasteiger partial charge in [0.05, 0.1) is 17.8 Å². The first kappa shape index (κ1) is 14.1. The van der Waals surface area contributed by atoms with Crippen LogP contribution in [0.5, 0.6) is 0 Å². The van der Waals surface area contributed by atoms with Crippen molar-refractivity contribution in [1.82, 2.24) is 10.2 Å². The third kappa shape index (κ3) is 2.95. The number of hydrogen-bond donors (Lipinski definition) is 2. The van der Waals surface area contributed by atoms with E-state index in [0.717, 1.165) is 30.5 Å². The molecule has 1 aromatic carbocycles. The van der Waals surface area contributed by atoms with Gasteiger partial charge in [-0.2, -0.15) is 0 Å². The second kappa shape index (κ2) is 5.90. The molecule has 21 heavy (non-hydrogen) atoms. The molecule has 1 aliphatic rings. The third-order valence-corrected chi connectivity index (χ3v) is 4.24. The largest absolute Gasteiger partial charge is 0.369 e. The highest BCUT2D eigenvalue weighted by Crippen LogP contribution is 2.32. The number of aromatic amines is 2. The van der Waals surface area contributed by atoms with Gasteiger partial charge in [0.2, 0.25) is 0 Å². The molecule has 0 spiro atoms. The molecule has 4 heteroatoms. The molecule has 2 atom stereocenters. The Morgan fingerprint density at radius 3 is 2.71 bits per heavy atom. The smallest absolute Gasteiger partial charge is 0.269 e. The zero-order chi connectivity index (χ0) is 14.8. The molecule has 3 rings (SSSR count). The second-order valence-electron chi connectivity index (χ2n) is 6.11. The van der Waals surface area contributed by atoms with Crippen molar-refractivity contribution in [2.45, 2.75) is 45.3 Å². The third-order valence-electron chi connectivity index (χ3n) is 4.24. The first-order chi connectivity index (χ1) is 10.1. The number of ether oxygens (including phenoxy) is 1. The van der Waals surface area contributed by atoms with Crippen LogP contribution in [0.4, 0.5) is 0 Å². The van der Waals surface area contributed by atoms with Crippen LogP contribution in [0.2, 0.25) is 0 Å². The van der Waals surface area contributed by atoms with E-state index in [9.17, 15) is 4.79 Å². The highest BCUT2D eigenvalue weighted by atomic mass is 16.5. The minimum Gasteiger partial charge on any atom is -0.369 e. The summed E-state index contributed by atoms with van der Waals surface area (Å²) < 4.78 is 6.20. The monoisotopic (exact) mass is 286 g/mol. The second-order valence-corrected chi connectivity index (χ2v) is 6.11. The highest BCUT2D eigenvalue weighted by molar-refractivity contribution is 5.24. The molecule has 0 fully saturated rings. The first-order valence-electron chi connectivity index (χ1n) is 7.64. The molecule has 4 nitrogen and oxygen atoms in total. The van der Waals surface area contributed by atoms with Crippen molar-refractivity contribution < 1.29 is 4.74 Å². The average molecular weight is 286 g/mol. The standard InChI is InChI=1S/C17H22N2O2/c1-11(2)15-10-13-16(17(20)19-18-13)14(21-15)9-8-12-6-4-3-5-7-12/h3-7,11,14-15H,8-10H2,1-2H3,(H2,18,19,20)/t14-,15-/m0/s1. The van der Waals surface area contributed by atoms with Gasteiger partial charge in [-0.25, -0.2) is 0 Å². The summed E-state index contributed by atoms with van der Waals surface area (Å²) in [6, 6.07) is 10.3. The van der Waals surface area contributed by atoms with E-state index in [1.54, 1.807) is 0 Å². The Morgan fingerprint density at radius 1 is 1.24 bits per heavy atom. The normalized spacial score (nSPS) is 21.5. The number of aryl methyl sites for hydroxylation is 1. The number of benzene rings is 1. The Morgan fingerprint density at radius 2 is 2.00 bits per heavy atom. The summed E-state index contributed by atoms with van der Waals surface area (Å²) in [6.45, 7) is 4.32. The lowest BCUT2D eigenvalue weighted by Gasteiger charge is -2.31. The molecule has 0 radical (unpaired) electrons. The minimum absolute atomic E-state index is 0.0368. The van der Waals surface area contributed by atoms with Crippen LogP contribution in [0.15, 0.2) is 35.1 Å². The lowest BCUT2D eigenvalue weighted by molar-refractivity contribution is -0.0528. The maximum absolute atomic E-state index is 12.0. The van der Waals surface area contributed by atoms with Gasteiger partial charge in [-0.1, -0.05) is 44.2 Å². The molecule has 2 N–H and O–H groups in total. The first-order valence-corrected chi connectivity index (χ1v) is 7.64. The SMILES string of the molecule is CC(C)[C@@H]1Cc2[nH][nH]c(=O)c2[C@H](CCc2ccccc2)O1. The van der Waals surface area contributed by atoms with Crippen LogP contribution in [0.25, 0.3) is 0 Å². The Labute approximate surface area is 124 Å².